The lowest BCUT2D eigenvalue weighted by atomic mass is 10.1. The first-order valence-electron chi connectivity index (χ1n) is 7.92. The Labute approximate surface area is 148 Å². The third-order valence-electron chi connectivity index (χ3n) is 3.82. The molecule has 0 unspecified atom stereocenters. The van der Waals surface area contributed by atoms with Crippen molar-refractivity contribution in [2.45, 2.75) is 13.0 Å². The molecular formula is C20H23NO4. The van der Waals surface area contributed by atoms with E-state index in [1.807, 2.05) is 37.3 Å². The summed E-state index contributed by atoms with van der Waals surface area (Å²) in [5.41, 5.74) is 1.69. The molecule has 2 aromatic rings. The van der Waals surface area contributed by atoms with Crippen LogP contribution in [0, 0.1) is 0 Å². The maximum atomic E-state index is 12.2. The Morgan fingerprint density at radius 2 is 1.72 bits per heavy atom. The lowest BCUT2D eigenvalue weighted by molar-refractivity contribution is -0.117. The first kappa shape index (κ1) is 18.4. The Hall–Kier alpha value is -2.95. The highest BCUT2D eigenvalue weighted by Gasteiger charge is 2.12. The Balaban J connectivity index is 2.10. The van der Waals surface area contributed by atoms with Crippen molar-refractivity contribution < 1.29 is 19.0 Å². The second-order valence-corrected chi connectivity index (χ2v) is 5.41. The van der Waals surface area contributed by atoms with E-state index in [9.17, 15) is 4.79 Å². The highest BCUT2D eigenvalue weighted by atomic mass is 16.5. The molecule has 0 heterocycles. The van der Waals surface area contributed by atoms with Crippen molar-refractivity contribution in [1.29, 1.82) is 0 Å². The standard InChI is InChI=1S/C20H23NO4/c1-14(17-7-5-6-8-19(17)25-4)21-20(22)12-9-15-13-16(23-2)10-11-18(15)24-3/h5-14H,1-4H3,(H,21,22)/b12-9+/t14-/m0/s1. The summed E-state index contributed by atoms with van der Waals surface area (Å²) in [6.45, 7) is 1.91. The second kappa shape index (κ2) is 8.78. The summed E-state index contributed by atoms with van der Waals surface area (Å²) >= 11 is 0. The summed E-state index contributed by atoms with van der Waals surface area (Å²) in [5, 5.41) is 2.93. The van der Waals surface area contributed by atoms with E-state index in [-0.39, 0.29) is 11.9 Å². The van der Waals surface area contributed by atoms with Gasteiger partial charge in [-0.1, -0.05) is 18.2 Å². The van der Waals surface area contributed by atoms with E-state index in [1.165, 1.54) is 6.08 Å². The number of ether oxygens (including phenoxy) is 3. The molecule has 0 radical (unpaired) electrons. The van der Waals surface area contributed by atoms with Gasteiger partial charge in [-0.3, -0.25) is 4.79 Å². The van der Waals surface area contributed by atoms with E-state index < -0.39 is 0 Å². The summed E-state index contributed by atoms with van der Waals surface area (Å²) in [5.74, 6) is 1.91. The molecule has 5 heteroatoms. The van der Waals surface area contributed by atoms with Gasteiger partial charge in [-0.25, -0.2) is 0 Å². The van der Waals surface area contributed by atoms with Crippen LogP contribution in [0.1, 0.15) is 24.1 Å². The third-order valence-corrected chi connectivity index (χ3v) is 3.82. The van der Waals surface area contributed by atoms with Crippen LogP contribution >= 0.6 is 0 Å². The van der Waals surface area contributed by atoms with E-state index >= 15 is 0 Å². The molecule has 0 saturated heterocycles. The van der Waals surface area contributed by atoms with Crippen molar-refractivity contribution in [3.63, 3.8) is 0 Å². The van der Waals surface area contributed by atoms with Crippen LogP contribution in [0.5, 0.6) is 17.2 Å². The molecule has 1 amide bonds. The quantitative estimate of drug-likeness (QED) is 0.782. The molecule has 0 fully saturated rings. The largest absolute Gasteiger partial charge is 0.497 e. The Bertz CT molecular complexity index is 755. The van der Waals surface area contributed by atoms with E-state index in [0.29, 0.717) is 11.5 Å². The first-order chi connectivity index (χ1) is 12.1. The number of methoxy groups -OCH3 is 3. The minimum absolute atomic E-state index is 0.180. The van der Waals surface area contributed by atoms with Crippen LogP contribution in [0.2, 0.25) is 0 Å². The number of carbonyl (C=O) groups is 1. The normalized spacial score (nSPS) is 11.8. The van der Waals surface area contributed by atoms with Gasteiger partial charge in [0.1, 0.15) is 17.2 Å². The molecule has 0 aromatic heterocycles. The average molecular weight is 341 g/mol. The third kappa shape index (κ3) is 4.76. The molecule has 2 aromatic carbocycles. The topological polar surface area (TPSA) is 56.8 Å². The van der Waals surface area contributed by atoms with E-state index in [0.717, 1.165) is 16.9 Å². The Morgan fingerprint density at radius 1 is 1.00 bits per heavy atom. The van der Waals surface area contributed by atoms with Gasteiger partial charge in [-0.2, -0.15) is 0 Å². The van der Waals surface area contributed by atoms with Gasteiger partial charge in [0.2, 0.25) is 5.91 Å². The number of benzene rings is 2. The maximum absolute atomic E-state index is 12.2. The van der Waals surface area contributed by atoms with Crippen molar-refractivity contribution in [3.8, 4) is 17.2 Å². The van der Waals surface area contributed by atoms with Crippen LogP contribution < -0.4 is 19.5 Å². The molecular weight excluding hydrogens is 318 g/mol. The second-order valence-electron chi connectivity index (χ2n) is 5.41. The molecule has 25 heavy (non-hydrogen) atoms. The van der Waals surface area contributed by atoms with Crippen LogP contribution in [0.15, 0.2) is 48.5 Å². The summed E-state index contributed by atoms with van der Waals surface area (Å²) in [7, 11) is 4.79. The molecule has 2 rings (SSSR count). The van der Waals surface area contributed by atoms with Gasteiger partial charge in [-0.05, 0) is 37.3 Å². The molecule has 132 valence electrons. The highest BCUT2D eigenvalue weighted by molar-refractivity contribution is 5.92. The van der Waals surface area contributed by atoms with Crippen molar-refractivity contribution >= 4 is 12.0 Å². The molecule has 0 spiro atoms. The minimum Gasteiger partial charge on any atom is -0.497 e. The molecule has 1 atom stereocenters. The maximum Gasteiger partial charge on any atom is 0.244 e. The van der Waals surface area contributed by atoms with Crippen molar-refractivity contribution in [3.05, 3.63) is 59.7 Å². The van der Waals surface area contributed by atoms with Crippen LogP contribution in [-0.2, 0) is 4.79 Å². The highest BCUT2D eigenvalue weighted by Crippen LogP contribution is 2.26. The van der Waals surface area contributed by atoms with Gasteiger partial charge in [-0.15, -0.1) is 0 Å². The number of hydrogen-bond donors (Lipinski definition) is 1. The monoisotopic (exact) mass is 341 g/mol. The number of rotatable bonds is 7. The fourth-order valence-electron chi connectivity index (χ4n) is 2.50. The summed E-state index contributed by atoms with van der Waals surface area (Å²) in [4.78, 5) is 12.2. The van der Waals surface area contributed by atoms with Crippen LogP contribution in [0.25, 0.3) is 6.08 Å². The van der Waals surface area contributed by atoms with E-state index in [4.69, 9.17) is 14.2 Å². The number of hydrogen-bond acceptors (Lipinski definition) is 4. The van der Waals surface area contributed by atoms with Gasteiger partial charge in [0.15, 0.2) is 0 Å². The molecule has 0 aliphatic rings. The predicted octanol–water partition coefficient (Wildman–Crippen LogP) is 3.60. The fraction of sp³-hybridized carbons (Fsp3) is 0.250. The lowest BCUT2D eigenvalue weighted by Crippen LogP contribution is -2.24. The SMILES string of the molecule is COc1ccc(OC)c(/C=C/C(=O)N[C@@H](C)c2ccccc2OC)c1. The summed E-state index contributed by atoms with van der Waals surface area (Å²) in [6, 6.07) is 12.8. The summed E-state index contributed by atoms with van der Waals surface area (Å²) < 4.78 is 15.8. The molecule has 1 N–H and O–H groups in total. The molecule has 0 aliphatic carbocycles. The van der Waals surface area contributed by atoms with Gasteiger partial charge >= 0.3 is 0 Å². The van der Waals surface area contributed by atoms with Gasteiger partial charge in [0, 0.05) is 17.2 Å². The number of nitrogens with one attached hydrogen (secondary N) is 1. The molecule has 0 saturated carbocycles. The smallest absolute Gasteiger partial charge is 0.244 e. The van der Waals surface area contributed by atoms with Crippen molar-refractivity contribution in [2.75, 3.05) is 21.3 Å². The molecule has 0 aliphatic heterocycles. The lowest BCUT2D eigenvalue weighted by Gasteiger charge is -2.16. The van der Waals surface area contributed by atoms with Gasteiger partial charge in [0.25, 0.3) is 0 Å². The molecule has 5 nitrogen and oxygen atoms in total. The number of para-hydroxylation sites is 1. The van der Waals surface area contributed by atoms with Crippen LogP contribution in [-0.4, -0.2) is 27.2 Å². The Morgan fingerprint density at radius 3 is 2.40 bits per heavy atom. The van der Waals surface area contributed by atoms with Crippen molar-refractivity contribution in [2.24, 2.45) is 0 Å². The average Bonchev–Trinajstić information content (AvgIpc) is 2.65. The van der Waals surface area contributed by atoms with Crippen molar-refractivity contribution in [1.82, 2.24) is 5.32 Å². The fourth-order valence-corrected chi connectivity index (χ4v) is 2.50. The zero-order valence-corrected chi connectivity index (χ0v) is 14.9. The Kier molecular flexibility index (Phi) is 6.46. The minimum atomic E-state index is -0.205. The first-order valence-corrected chi connectivity index (χ1v) is 7.92. The molecule has 0 bridgehead atoms. The van der Waals surface area contributed by atoms with Crippen LogP contribution in [0.3, 0.4) is 0 Å². The van der Waals surface area contributed by atoms with Gasteiger partial charge < -0.3 is 19.5 Å². The van der Waals surface area contributed by atoms with Gasteiger partial charge in [0.05, 0.1) is 27.4 Å². The van der Waals surface area contributed by atoms with Crippen LogP contribution in [0.4, 0.5) is 0 Å². The number of amides is 1. The predicted molar refractivity (Wildman–Crippen MR) is 98.1 cm³/mol. The summed E-state index contributed by atoms with van der Waals surface area (Å²) in [6.07, 6.45) is 3.18. The zero-order valence-electron chi connectivity index (χ0n) is 14.9. The zero-order chi connectivity index (χ0) is 18.2. The number of carbonyl (C=O) groups excluding carboxylic acids is 1. The van der Waals surface area contributed by atoms with E-state index in [1.54, 1.807) is 39.5 Å². The van der Waals surface area contributed by atoms with E-state index in [2.05, 4.69) is 5.32 Å².